The Morgan fingerprint density at radius 3 is 3.05 bits per heavy atom. The third kappa shape index (κ3) is 4.27. The van der Waals surface area contributed by atoms with Crippen LogP contribution in [0.15, 0.2) is 15.9 Å². The van der Waals surface area contributed by atoms with Gasteiger partial charge in [0.2, 0.25) is 0 Å². The second-order valence-electron chi connectivity index (χ2n) is 4.64. The topological polar surface area (TPSA) is 41.6 Å². The van der Waals surface area contributed by atoms with E-state index in [4.69, 9.17) is 4.74 Å². The summed E-state index contributed by atoms with van der Waals surface area (Å²) in [5.74, 6) is 0.0986. The van der Waals surface area contributed by atoms with Gasteiger partial charge in [-0.1, -0.05) is 0 Å². The molecule has 0 radical (unpaired) electrons. The fraction of sp³-hybridized carbons (Fsp3) is 0.615. The number of rotatable bonds is 6. The predicted molar refractivity (Wildman–Crippen MR) is 80.8 cm³/mol. The number of carbonyl (C=O) groups excluding carboxylic acids is 1. The van der Waals surface area contributed by atoms with Gasteiger partial charge in [0.05, 0.1) is 15.3 Å². The number of nitrogens with zero attached hydrogens (tertiary/aromatic N) is 1. The number of ether oxygens (including phenoxy) is 1. The molecule has 1 atom stereocenters. The zero-order valence-electron chi connectivity index (χ0n) is 11.0. The van der Waals surface area contributed by atoms with Crippen molar-refractivity contribution in [2.24, 2.45) is 0 Å². The number of thiophene rings is 1. The Hall–Kier alpha value is -0.430. The van der Waals surface area contributed by atoms with Crippen LogP contribution in [-0.4, -0.2) is 50.2 Å². The van der Waals surface area contributed by atoms with Crippen LogP contribution < -0.4 is 5.32 Å². The van der Waals surface area contributed by atoms with Crippen LogP contribution in [0.5, 0.6) is 0 Å². The lowest BCUT2D eigenvalue weighted by atomic mass is 10.2. The Kier molecular flexibility index (Phi) is 5.81. The van der Waals surface area contributed by atoms with Gasteiger partial charge in [-0.05, 0) is 47.4 Å². The average molecular weight is 347 g/mol. The minimum atomic E-state index is 0.0986. The highest BCUT2D eigenvalue weighted by atomic mass is 79.9. The molecule has 0 aromatic carbocycles. The molecule has 1 aromatic rings. The van der Waals surface area contributed by atoms with Crippen molar-refractivity contribution >= 4 is 33.2 Å². The van der Waals surface area contributed by atoms with Crippen molar-refractivity contribution in [2.45, 2.75) is 18.9 Å². The van der Waals surface area contributed by atoms with Crippen LogP contribution >= 0.6 is 27.3 Å². The van der Waals surface area contributed by atoms with Gasteiger partial charge < -0.3 is 15.0 Å². The summed E-state index contributed by atoms with van der Waals surface area (Å²) in [6.45, 7) is 3.03. The SMILES string of the molecule is COCCN(CC1CCCN1)C(=O)c1ccc(Br)s1. The minimum absolute atomic E-state index is 0.0986. The van der Waals surface area contributed by atoms with E-state index in [1.54, 1.807) is 7.11 Å². The highest BCUT2D eigenvalue weighted by Gasteiger charge is 2.23. The van der Waals surface area contributed by atoms with Gasteiger partial charge in [0.15, 0.2) is 0 Å². The first-order chi connectivity index (χ1) is 9.20. The number of nitrogens with one attached hydrogen (secondary N) is 1. The summed E-state index contributed by atoms with van der Waals surface area (Å²) in [6.07, 6.45) is 2.34. The maximum Gasteiger partial charge on any atom is 0.264 e. The fourth-order valence-corrected chi connectivity index (χ4v) is 3.59. The summed E-state index contributed by atoms with van der Waals surface area (Å²) >= 11 is 4.88. The first-order valence-corrected chi connectivity index (χ1v) is 8.08. The van der Waals surface area contributed by atoms with Gasteiger partial charge in [-0.15, -0.1) is 11.3 Å². The quantitative estimate of drug-likeness (QED) is 0.859. The standard InChI is InChI=1S/C13H19BrN2O2S/c1-18-8-7-16(9-10-3-2-6-15-10)13(17)11-4-5-12(14)19-11/h4-5,10,15H,2-3,6-9H2,1H3. The molecule has 1 aliphatic heterocycles. The van der Waals surface area contributed by atoms with E-state index in [2.05, 4.69) is 21.2 Å². The van der Waals surface area contributed by atoms with E-state index >= 15 is 0 Å². The molecular weight excluding hydrogens is 328 g/mol. The van der Waals surface area contributed by atoms with Crippen LogP contribution in [0.1, 0.15) is 22.5 Å². The Balaban J connectivity index is 2.00. The minimum Gasteiger partial charge on any atom is -0.383 e. The molecule has 1 N–H and O–H groups in total. The lowest BCUT2D eigenvalue weighted by Gasteiger charge is -2.25. The van der Waals surface area contributed by atoms with E-state index in [0.29, 0.717) is 19.2 Å². The molecule has 6 heteroatoms. The van der Waals surface area contributed by atoms with Gasteiger partial charge in [0.25, 0.3) is 5.91 Å². The molecule has 1 aromatic heterocycles. The zero-order chi connectivity index (χ0) is 13.7. The van der Waals surface area contributed by atoms with Gasteiger partial charge in [-0.2, -0.15) is 0 Å². The predicted octanol–water partition coefficient (Wildman–Crippen LogP) is 2.35. The highest BCUT2D eigenvalue weighted by Crippen LogP contribution is 2.23. The zero-order valence-corrected chi connectivity index (χ0v) is 13.4. The molecule has 2 rings (SSSR count). The van der Waals surface area contributed by atoms with Crippen molar-refractivity contribution in [2.75, 3.05) is 33.4 Å². The van der Waals surface area contributed by atoms with Crippen LogP contribution in [0.4, 0.5) is 0 Å². The average Bonchev–Trinajstić information content (AvgIpc) is 3.05. The van der Waals surface area contributed by atoms with Gasteiger partial charge in [0, 0.05) is 26.2 Å². The van der Waals surface area contributed by atoms with Crippen molar-refractivity contribution in [3.63, 3.8) is 0 Å². The first-order valence-electron chi connectivity index (χ1n) is 6.47. The van der Waals surface area contributed by atoms with Gasteiger partial charge in [-0.25, -0.2) is 0 Å². The summed E-state index contributed by atoms with van der Waals surface area (Å²) in [5.41, 5.74) is 0. The van der Waals surface area contributed by atoms with Crippen LogP contribution in [-0.2, 0) is 4.74 Å². The molecule has 0 bridgehead atoms. The van der Waals surface area contributed by atoms with E-state index in [9.17, 15) is 4.79 Å². The molecule has 19 heavy (non-hydrogen) atoms. The molecule has 1 saturated heterocycles. The van der Waals surface area contributed by atoms with E-state index in [0.717, 1.165) is 28.2 Å². The van der Waals surface area contributed by atoms with E-state index in [-0.39, 0.29) is 5.91 Å². The summed E-state index contributed by atoms with van der Waals surface area (Å²) in [6, 6.07) is 4.21. The van der Waals surface area contributed by atoms with Crippen LogP contribution in [0.3, 0.4) is 0 Å². The molecule has 106 valence electrons. The number of hydrogen-bond donors (Lipinski definition) is 1. The van der Waals surface area contributed by atoms with Gasteiger partial charge in [-0.3, -0.25) is 4.79 Å². The van der Waals surface area contributed by atoms with Crippen LogP contribution in [0.2, 0.25) is 0 Å². The van der Waals surface area contributed by atoms with Crippen molar-refractivity contribution < 1.29 is 9.53 Å². The number of halogens is 1. The third-order valence-corrected chi connectivity index (χ3v) is 4.85. The number of methoxy groups -OCH3 is 1. The molecule has 1 unspecified atom stereocenters. The summed E-state index contributed by atoms with van der Waals surface area (Å²) in [7, 11) is 1.66. The Bertz CT molecular complexity index is 419. The molecular formula is C13H19BrN2O2S. The molecule has 0 saturated carbocycles. The van der Waals surface area contributed by atoms with Crippen LogP contribution in [0.25, 0.3) is 0 Å². The number of amides is 1. The summed E-state index contributed by atoms with van der Waals surface area (Å²) in [4.78, 5) is 15.2. The Morgan fingerprint density at radius 2 is 2.47 bits per heavy atom. The van der Waals surface area contributed by atoms with Crippen molar-refractivity contribution in [3.8, 4) is 0 Å². The smallest absolute Gasteiger partial charge is 0.264 e. The second-order valence-corrected chi connectivity index (χ2v) is 7.10. The molecule has 0 spiro atoms. The van der Waals surface area contributed by atoms with Crippen molar-refractivity contribution in [1.29, 1.82) is 0 Å². The molecule has 1 amide bonds. The third-order valence-electron chi connectivity index (χ3n) is 3.24. The van der Waals surface area contributed by atoms with Crippen molar-refractivity contribution in [1.82, 2.24) is 10.2 Å². The maximum absolute atomic E-state index is 12.5. The van der Waals surface area contributed by atoms with E-state index < -0.39 is 0 Å². The van der Waals surface area contributed by atoms with Crippen molar-refractivity contribution in [3.05, 3.63) is 20.8 Å². The lowest BCUT2D eigenvalue weighted by molar-refractivity contribution is 0.0684. The van der Waals surface area contributed by atoms with Gasteiger partial charge in [0.1, 0.15) is 0 Å². The first kappa shape index (κ1) is 15.0. The van der Waals surface area contributed by atoms with E-state index in [1.165, 1.54) is 17.8 Å². The summed E-state index contributed by atoms with van der Waals surface area (Å²) < 4.78 is 6.10. The normalized spacial score (nSPS) is 18.7. The van der Waals surface area contributed by atoms with Crippen LogP contribution in [0, 0.1) is 0 Å². The molecule has 2 heterocycles. The molecule has 4 nitrogen and oxygen atoms in total. The second kappa shape index (κ2) is 7.38. The lowest BCUT2D eigenvalue weighted by Crippen LogP contribution is -2.42. The Morgan fingerprint density at radius 1 is 1.63 bits per heavy atom. The Labute approximate surface area is 126 Å². The fourth-order valence-electron chi connectivity index (χ4n) is 2.24. The molecule has 1 fully saturated rings. The largest absolute Gasteiger partial charge is 0.383 e. The number of hydrogen-bond acceptors (Lipinski definition) is 4. The summed E-state index contributed by atoms with van der Waals surface area (Å²) in [5, 5.41) is 3.43. The number of carbonyl (C=O) groups is 1. The van der Waals surface area contributed by atoms with Gasteiger partial charge >= 0.3 is 0 Å². The molecule has 1 aliphatic rings. The van der Waals surface area contributed by atoms with E-state index in [1.807, 2.05) is 17.0 Å². The monoisotopic (exact) mass is 346 g/mol. The maximum atomic E-state index is 12.5. The molecule has 0 aliphatic carbocycles. The highest BCUT2D eigenvalue weighted by molar-refractivity contribution is 9.11.